The minimum Gasteiger partial charge on any atom is -0.496 e. The van der Waals surface area contributed by atoms with Crippen molar-refractivity contribution in [3.63, 3.8) is 0 Å². The molecule has 0 aliphatic carbocycles. The van der Waals surface area contributed by atoms with Gasteiger partial charge in [0.05, 0.1) is 13.2 Å². The number of benzene rings is 1. The van der Waals surface area contributed by atoms with Gasteiger partial charge in [-0.05, 0) is 31.4 Å². The molecule has 0 aliphatic heterocycles. The van der Waals surface area contributed by atoms with Gasteiger partial charge in [0.15, 0.2) is 0 Å². The van der Waals surface area contributed by atoms with E-state index >= 15 is 0 Å². The molecule has 2 atom stereocenters. The fourth-order valence-corrected chi connectivity index (χ4v) is 1.79. The number of rotatable bonds is 6. The van der Waals surface area contributed by atoms with Gasteiger partial charge in [-0.3, -0.25) is 4.79 Å². The van der Waals surface area contributed by atoms with Gasteiger partial charge in [-0.15, -0.1) is 0 Å². The molecule has 0 spiro atoms. The van der Waals surface area contributed by atoms with Crippen molar-refractivity contribution < 1.29 is 9.53 Å². The monoisotopic (exact) mass is 250 g/mol. The second-order valence-electron chi connectivity index (χ2n) is 4.44. The van der Waals surface area contributed by atoms with Crippen molar-refractivity contribution in [2.24, 2.45) is 5.73 Å². The molecule has 0 saturated carbocycles. The van der Waals surface area contributed by atoms with Crippen molar-refractivity contribution >= 4 is 5.91 Å². The first-order valence-corrected chi connectivity index (χ1v) is 6.26. The molecule has 0 bridgehead atoms. The number of nitrogens with one attached hydrogen (secondary N) is 1. The van der Waals surface area contributed by atoms with Crippen LogP contribution in [0.2, 0.25) is 0 Å². The fourth-order valence-electron chi connectivity index (χ4n) is 1.79. The van der Waals surface area contributed by atoms with Gasteiger partial charge in [0.2, 0.25) is 5.91 Å². The molecule has 3 N–H and O–H groups in total. The first-order chi connectivity index (χ1) is 8.58. The van der Waals surface area contributed by atoms with Crippen LogP contribution in [0.3, 0.4) is 0 Å². The molecule has 1 rings (SSSR count). The number of carbonyl (C=O) groups excluding carboxylic acids is 1. The van der Waals surface area contributed by atoms with E-state index in [1.807, 2.05) is 38.1 Å². The molecule has 1 aromatic rings. The smallest absolute Gasteiger partial charge is 0.237 e. The Bertz CT molecular complexity index is 393. The minimum atomic E-state index is -0.426. The Morgan fingerprint density at radius 1 is 1.44 bits per heavy atom. The quantitative estimate of drug-likeness (QED) is 0.803. The highest BCUT2D eigenvalue weighted by molar-refractivity contribution is 5.81. The van der Waals surface area contributed by atoms with Gasteiger partial charge in [-0.2, -0.15) is 0 Å². The van der Waals surface area contributed by atoms with E-state index in [0.717, 1.165) is 17.7 Å². The van der Waals surface area contributed by atoms with Crippen molar-refractivity contribution in [1.29, 1.82) is 0 Å². The first-order valence-electron chi connectivity index (χ1n) is 6.26. The van der Waals surface area contributed by atoms with Crippen LogP contribution in [0, 0.1) is 0 Å². The highest BCUT2D eigenvalue weighted by Crippen LogP contribution is 2.18. The van der Waals surface area contributed by atoms with Crippen molar-refractivity contribution in [2.45, 2.75) is 38.8 Å². The summed E-state index contributed by atoms with van der Waals surface area (Å²) < 4.78 is 5.28. The summed E-state index contributed by atoms with van der Waals surface area (Å²) in [5, 5.41) is 2.91. The molecule has 0 aliphatic rings. The molecular weight excluding hydrogens is 228 g/mol. The molecule has 0 aromatic heterocycles. The van der Waals surface area contributed by atoms with Crippen molar-refractivity contribution in [3.8, 4) is 5.75 Å². The first kappa shape index (κ1) is 14.5. The topological polar surface area (TPSA) is 64.4 Å². The molecule has 18 heavy (non-hydrogen) atoms. The van der Waals surface area contributed by atoms with Crippen molar-refractivity contribution in [2.75, 3.05) is 7.11 Å². The fraction of sp³-hybridized carbons (Fsp3) is 0.500. The zero-order chi connectivity index (χ0) is 13.5. The molecule has 4 nitrogen and oxygen atoms in total. The Morgan fingerprint density at radius 2 is 2.11 bits per heavy atom. The van der Waals surface area contributed by atoms with E-state index in [1.165, 1.54) is 0 Å². The second kappa shape index (κ2) is 7.01. The van der Waals surface area contributed by atoms with Crippen molar-refractivity contribution in [3.05, 3.63) is 29.8 Å². The lowest BCUT2D eigenvalue weighted by Gasteiger charge is -2.18. The molecule has 1 aromatic carbocycles. The van der Waals surface area contributed by atoms with E-state index in [1.54, 1.807) is 7.11 Å². The second-order valence-corrected chi connectivity index (χ2v) is 4.44. The summed E-state index contributed by atoms with van der Waals surface area (Å²) in [5.74, 6) is 0.748. The Labute approximate surface area is 109 Å². The van der Waals surface area contributed by atoms with E-state index < -0.39 is 6.04 Å². The van der Waals surface area contributed by atoms with E-state index in [4.69, 9.17) is 10.5 Å². The molecule has 0 fully saturated rings. The van der Waals surface area contributed by atoms with Gasteiger partial charge in [0.1, 0.15) is 5.75 Å². The number of ether oxygens (including phenoxy) is 1. The van der Waals surface area contributed by atoms with Crippen LogP contribution < -0.4 is 15.8 Å². The molecule has 0 radical (unpaired) electrons. The maximum atomic E-state index is 11.7. The average molecular weight is 250 g/mol. The zero-order valence-corrected chi connectivity index (χ0v) is 11.3. The Morgan fingerprint density at radius 3 is 2.72 bits per heavy atom. The van der Waals surface area contributed by atoms with Gasteiger partial charge in [-0.25, -0.2) is 0 Å². The van der Waals surface area contributed by atoms with Gasteiger partial charge in [0, 0.05) is 6.04 Å². The van der Waals surface area contributed by atoms with Crippen LogP contribution in [-0.4, -0.2) is 25.1 Å². The molecule has 4 heteroatoms. The number of para-hydroxylation sites is 1. The lowest BCUT2D eigenvalue weighted by Crippen LogP contribution is -2.44. The summed E-state index contributed by atoms with van der Waals surface area (Å²) in [5.41, 5.74) is 6.76. The number of hydrogen-bond acceptors (Lipinski definition) is 3. The molecule has 0 heterocycles. The highest BCUT2D eigenvalue weighted by atomic mass is 16.5. The average Bonchev–Trinajstić information content (AvgIpc) is 2.38. The van der Waals surface area contributed by atoms with E-state index in [2.05, 4.69) is 5.32 Å². The summed E-state index contributed by atoms with van der Waals surface area (Å²) in [6.07, 6.45) is 1.37. The van der Waals surface area contributed by atoms with Crippen LogP contribution in [0.25, 0.3) is 0 Å². The summed E-state index contributed by atoms with van der Waals surface area (Å²) in [6.45, 7) is 3.86. The number of hydrogen-bond donors (Lipinski definition) is 2. The summed E-state index contributed by atoms with van der Waals surface area (Å²) in [4.78, 5) is 11.7. The van der Waals surface area contributed by atoms with Crippen LogP contribution in [-0.2, 0) is 11.2 Å². The third-order valence-electron chi connectivity index (χ3n) is 2.88. The zero-order valence-electron chi connectivity index (χ0n) is 11.3. The Balaban J connectivity index is 2.59. The Hall–Kier alpha value is -1.55. The lowest BCUT2D eigenvalue weighted by molar-refractivity contribution is -0.123. The molecule has 1 unspecified atom stereocenters. The van der Waals surface area contributed by atoms with Crippen LogP contribution in [0.4, 0.5) is 0 Å². The van der Waals surface area contributed by atoms with Gasteiger partial charge < -0.3 is 15.8 Å². The largest absolute Gasteiger partial charge is 0.496 e. The van der Waals surface area contributed by atoms with E-state index in [-0.39, 0.29) is 11.9 Å². The predicted molar refractivity (Wildman–Crippen MR) is 72.6 cm³/mol. The predicted octanol–water partition coefficient (Wildman–Crippen LogP) is 1.48. The standard InChI is InChI=1S/C14H22N2O2/c1-4-12(15)14(17)16-10(2)9-11-7-5-6-8-13(11)18-3/h5-8,10,12H,4,9,15H2,1-3H3,(H,16,17)/t10?,12-/m1/s1. The number of methoxy groups -OCH3 is 1. The van der Waals surface area contributed by atoms with Crippen LogP contribution in [0.1, 0.15) is 25.8 Å². The SMILES string of the molecule is CC[C@@H](N)C(=O)NC(C)Cc1ccccc1OC. The van der Waals surface area contributed by atoms with Crippen LogP contribution >= 0.6 is 0 Å². The van der Waals surface area contributed by atoms with Gasteiger partial charge >= 0.3 is 0 Å². The summed E-state index contributed by atoms with van der Waals surface area (Å²) in [7, 11) is 1.65. The number of amides is 1. The molecule has 100 valence electrons. The summed E-state index contributed by atoms with van der Waals surface area (Å²) in [6, 6.07) is 7.42. The normalized spacial score (nSPS) is 13.8. The van der Waals surface area contributed by atoms with Crippen molar-refractivity contribution in [1.82, 2.24) is 5.32 Å². The van der Waals surface area contributed by atoms with E-state index in [9.17, 15) is 4.79 Å². The van der Waals surface area contributed by atoms with Crippen LogP contribution in [0.15, 0.2) is 24.3 Å². The third-order valence-corrected chi connectivity index (χ3v) is 2.88. The van der Waals surface area contributed by atoms with Crippen LogP contribution in [0.5, 0.6) is 5.75 Å². The molecular formula is C14H22N2O2. The van der Waals surface area contributed by atoms with Gasteiger partial charge in [0.25, 0.3) is 0 Å². The molecule has 0 saturated heterocycles. The summed E-state index contributed by atoms with van der Waals surface area (Å²) >= 11 is 0. The maximum absolute atomic E-state index is 11.7. The van der Waals surface area contributed by atoms with E-state index in [0.29, 0.717) is 6.42 Å². The maximum Gasteiger partial charge on any atom is 0.237 e. The number of carbonyl (C=O) groups is 1. The lowest BCUT2D eigenvalue weighted by atomic mass is 10.1. The highest BCUT2D eigenvalue weighted by Gasteiger charge is 2.15. The third kappa shape index (κ3) is 4.04. The number of nitrogens with two attached hydrogens (primary N) is 1. The molecule has 1 amide bonds. The Kier molecular flexibility index (Phi) is 5.65. The van der Waals surface area contributed by atoms with Gasteiger partial charge in [-0.1, -0.05) is 25.1 Å². The minimum absolute atomic E-state index is 0.0337.